The number of carbonyl (C=O) groups excluding carboxylic acids is 1. The molecular formula is C12H15NO3. The number of cyclic esters (lactones) is 1. The van der Waals surface area contributed by atoms with Crippen molar-refractivity contribution >= 4 is 6.09 Å². The van der Waals surface area contributed by atoms with E-state index in [1.807, 2.05) is 30.3 Å². The monoisotopic (exact) mass is 221 g/mol. The molecule has 1 aliphatic heterocycles. The van der Waals surface area contributed by atoms with Crippen molar-refractivity contribution in [2.75, 3.05) is 6.61 Å². The number of rotatable bonds is 4. The zero-order valence-corrected chi connectivity index (χ0v) is 8.93. The molecule has 1 heterocycles. The van der Waals surface area contributed by atoms with Gasteiger partial charge in [0.2, 0.25) is 0 Å². The van der Waals surface area contributed by atoms with Gasteiger partial charge in [-0.25, -0.2) is 4.79 Å². The van der Waals surface area contributed by atoms with Crippen LogP contribution in [0, 0.1) is 0 Å². The number of nitrogens with one attached hydrogen (secondary N) is 1. The van der Waals surface area contributed by atoms with Crippen LogP contribution in [-0.4, -0.2) is 23.8 Å². The molecule has 1 saturated heterocycles. The Morgan fingerprint density at radius 2 is 2.19 bits per heavy atom. The first-order valence-electron chi connectivity index (χ1n) is 5.42. The number of amides is 1. The summed E-state index contributed by atoms with van der Waals surface area (Å²) in [6, 6.07) is 9.55. The van der Waals surface area contributed by atoms with E-state index in [0.717, 1.165) is 12.0 Å². The summed E-state index contributed by atoms with van der Waals surface area (Å²) in [7, 11) is 0. The van der Waals surface area contributed by atoms with Gasteiger partial charge >= 0.3 is 6.09 Å². The molecule has 0 unspecified atom stereocenters. The molecule has 0 saturated carbocycles. The fourth-order valence-corrected chi connectivity index (χ4v) is 1.78. The number of aliphatic hydroxyl groups is 1. The van der Waals surface area contributed by atoms with Crippen molar-refractivity contribution in [3.8, 4) is 0 Å². The van der Waals surface area contributed by atoms with Gasteiger partial charge in [0.15, 0.2) is 0 Å². The summed E-state index contributed by atoms with van der Waals surface area (Å²) in [5, 5.41) is 12.6. The number of aliphatic hydroxyl groups excluding tert-OH is 1. The number of ether oxygens (including phenoxy) is 1. The van der Waals surface area contributed by atoms with Gasteiger partial charge in [-0.3, -0.25) is 0 Å². The maximum Gasteiger partial charge on any atom is 0.407 e. The molecule has 1 aromatic carbocycles. The molecule has 1 amide bonds. The Kier molecular flexibility index (Phi) is 3.41. The minimum Gasteiger partial charge on any atom is -0.447 e. The van der Waals surface area contributed by atoms with E-state index in [2.05, 4.69) is 5.32 Å². The lowest BCUT2D eigenvalue weighted by Gasteiger charge is -2.12. The average Bonchev–Trinajstić information content (AvgIpc) is 2.73. The molecule has 86 valence electrons. The number of carbonyl (C=O) groups is 1. The molecule has 1 fully saturated rings. The minimum atomic E-state index is -0.473. The molecule has 2 N–H and O–H groups in total. The Hall–Kier alpha value is -1.55. The smallest absolute Gasteiger partial charge is 0.407 e. The highest BCUT2D eigenvalue weighted by Gasteiger charge is 2.22. The third-order valence-corrected chi connectivity index (χ3v) is 2.71. The quantitative estimate of drug-likeness (QED) is 0.812. The molecule has 16 heavy (non-hydrogen) atoms. The molecule has 0 aromatic heterocycles. The van der Waals surface area contributed by atoms with Gasteiger partial charge in [-0.05, 0) is 18.4 Å². The van der Waals surface area contributed by atoms with Crippen LogP contribution in [0.5, 0.6) is 0 Å². The predicted octanol–water partition coefficient (Wildman–Crippen LogP) is 1.61. The molecular weight excluding hydrogens is 206 g/mol. The van der Waals surface area contributed by atoms with E-state index in [4.69, 9.17) is 4.74 Å². The molecule has 0 bridgehead atoms. The van der Waals surface area contributed by atoms with Crippen LogP contribution in [0.4, 0.5) is 4.79 Å². The molecule has 0 spiro atoms. The van der Waals surface area contributed by atoms with Crippen molar-refractivity contribution in [3.05, 3.63) is 35.9 Å². The van der Waals surface area contributed by atoms with E-state index in [1.165, 1.54) is 0 Å². The Bertz CT molecular complexity index is 353. The topological polar surface area (TPSA) is 58.6 Å². The van der Waals surface area contributed by atoms with Crippen LogP contribution < -0.4 is 5.32 Å². The van der Waals surface area contributed by atoms with E-state index >= 15 is 0 Å². The third kappa shape index (κ3) is 2.73. The molecule has 0 aliphatic carbocycles. The first kappa shape index (κ1) is 11.0. The molecule has 2 atom stereocenters. The number of hydrogen-bond acceptors (Lipinski definition) is 3. The van der Waals surface area contributed by atoms with E-state index in [9.17, 15) is 9.90 Å². The molecule has 4 heteroatoms. The summed E-state index contributed by atoms with van der Waals surface area (Å²) in [5.74, 6) is 0. The standard InChI is InChI=1S/C12H15NO3/c14-11(9-4-2-1-3-5-9)7-6-10-8-16-12(15)13-10/h1-5,10-11,14H,6-8H2,(H,13,15)/t10-,11-/m0/s1. The number of hydrogen-bond donors (Lipinski definition) is 2. The lowest BCUT2D eigenvalue weighted by molar-refractivity contribution is 0.157. The second-order valence-corrected chi connectivity index (χ2v) is 3.94. The van der Waals surface area contributed by atoms with Crippen LogP contribution >= 0.6 is 0 Å². The molecule has 2 rings (SSSR count). The van der Waals surface area contributed by atoms with Gasteiger partial charge in [-0.1, -0.05) is 30.3 Å². The Morgan fingerprint density at radius 1 is 1.44 bits per heavy atom. The van der Waals surface area contributed by atoms with Crippen LogP contribution in [0.1, 0.15) is 24.5 Å². The fraction of sp³-hybridized carbons (Fsp3) is 0.417. The highest BCUT2D eigenvalue weighted by Crippen LogP contribution is 2.19. The van der Waals surface area contributed by atoms with Gasteiger partial charge < -0.3 is 15.2 Å². The highest BCUT2D eigenvalue weighted by atomic mass is 16.6. The normalized spacial score (nSPS) is 21.3. The molecule has 1 aromatic rings. The second-order valence-electron chi connectivity index (χ2n) is 3.94. The SMILES string of the molecule is O=C1N[C@@H](CC[C@H](O)c2ccccc2)CO1. The Balaban J connectivity index is 1.80. The van der Waals surface area contributed by atoms with Gasteiger partial charge in [0.05, 0.1) is 12.1 Å². The Morgan fingerprint density at radius 3 is 2.81 bits per heavy atom. The maximum atomic E-state index is 10.8. The molecule has 1 aliphatic rings. The van der Waals surface area contributed by atoms with Crippen molar-refractivity contribution in [3.63, 3.8) is 0 Å². The lowest BCUT2D eigenvalue weighted by atomic mass is 10.0. The van der Waals surface area contributed by atoms with Crippen LogP contribution in [0.3, 0.4) is 0 Å². The predicted molar refractivity (Wildman–Crippen MR) is 58.9 cm³/mol. The van der Waals surface area contributed by atoms with Gasteiger partial charge in [-0.15, -0.1) is 0 Å². The fourth-order valence-electron chi connectivity index (χ4n) is 1.78. The largest absolute Gasteiger partial charge is 0.447 e. The van der Waals surface area contributed by atoms with E-state index in [-0.39, 0.29) is 12.1 Å². The third-order valence-electron chi connectivity index (χ3n) is 2.71. The van der Waals surface area contributed by atoms with E-state index in [1.54, 1.807) is 0 Å². The van der Waals surface area contributed by atoms with E-state index in [0.29, 0.717) is 13.0 Å². The van der Waals surface area contributed by atoms with Crippen molar-refractivity contribution < 1.29 is 14.6 Å². The summed E-state index contributed by atoms with van der Waals surface area (Å²) >= 11 is 0. The molecule has 4 nitrogen and oxygen atoms in total. The van der Waals surface area contributed by atoms with Crippen LogP contribution in [0.15, 0.2) is 30.3 Å². The average molecular weight is 221 g/mol. The van der Waals surface area contributed by atoms with Crippen LogP contribution in [0.25, 0.3) is 0 Å². The minimum absolute atomic E-state index is 0.0332. The molecule has 0 radical (unpaired) electrons. The maximum absolute atomic E-state index is 10.8. The zero-order valence-electron chi connectivity index (χ0n) is 8.93. The van der Waals surface area contributed by atoms with Crippen LogP contribution in [0.2, 0.25) is 0 Å². The second kappa shape index (κ2) is 4.99. The summed E-state index contributed by atoms with van der Waals surface area (Å²) in [4.78, 5) is 10.8. The van der Waals surface area contributed by atoms with Crippen molar-refractivity contribution in [2.24, 2.45) is 0 Å². The zero-order chi connectivity index (χ0) is 11.4. The van der Waals surface area contributed by atoms with E-state index < -0.39 is 6.10 Å². The van der Waals surface area contributed by atoms with Gasteiger partial charge in [-0.2, -0.15) is 0 Å². The first-order valence-corrected chi connectivity index (χ1v) is 5.42. The lowest BCUT2D eigenvalue weighted by Crippen LogP contribution is -2.26. The summed E-state index contributed by atoms with van der Waals surface area (Å²) < 4.78 is 4.77. The van der Waals surface area contributed by atoms with Crippen molar-refractivity contribution in [1.29, 1.82) is 0 Å². The van der Waals surface area contributed by atoms with Gasteiger partial charge in [0, 0.05) is 0 Å². The Labute approximate surface area is 94.2 Å². The first-order chi connectivity index (χ1) is 7.75. The van der Waals surface area contributed by atoms with Gasteiger partial charge in [0.1, 0.15) is 6.61 Å². The summed E-state index contributed by atoms with van der Waals surface area (Å²) in [6.45, 7) is 0.403. The number of benzene rings is 1. The van der Waals surface area contributed by atoms with Crippen LogP contribution in [-0.2, 0) is 4.74 Å². The van der Waals surface area contributed by atoms with Crippen molar-refractivity contribution in [1.82, 2.24) is 5.32 Å². The summed E-state index contributed by atoms with van der Waals surface area (Å²) in [5.41, 5.74) is 0.910. The van der Waals surface area contributed by atoms with Gasteiger partial charge in [0.25, 0.3) is 0 Å². The highest BCUT2D eigenvalue weighted by molar-refractivity contribution is 5.69. The number of alkyl carbamates (subject to hydrolysis) is 1. The summed E-state index contributed by atoms with van der Waals surface area (Å²) in [6.07, 6.45) is 0.512. The van der Waals surface area contributed by atoms with Crippen molar-refractivity contribution in [2.45, 2.75) is 25.0 Å².